The molecule has 2 aromatic heterocycles. The Labute approximate surface area is 278 Å². The second-order valence-corrected chi connectivity index (χ2v) is 14.8. The minimum Gasteiger partial charge on any atom is -0.474 e. The van der Waals surface area contributed by atoms with E-state index in [1.165, 1.54) is 12.4 Å². The highest BCUT2D eigenvalue weighted by atomic mass is 19.1. The number of hydrogen-bond donors (Lipinski definition) is 4. The molecule has 4 amide bonds. The van der Waals surface area contributed by atoms with E-state index in [4.69, 9.17) is 14.2 Å². The fourth-order valence-electron chi connectivity index (χ4n) is 6.46. The van der Waals surface area contributed by atoms with Crippen molar-refractivity contribution in [3.05, 3.63) is 35.9 Å². The monoisotopic (exact) mass is 663 g/mol. The van der Waals surface area contributed by atoms with Crippen LogP contribution < -0.4 is 26.0 Å². The molecule has 0 unspecified atom stereocenters. The van der Waals surface area contributed by atoms with Crippen LogP contribution in [0.3, 0.4) is 0 Å². The number of benzene rings is 1. The Balaban J connectivity index is 1.20. The molecule has 4 N–H and O–H groups in total. The highest BCUT2D eigenvalue weighted by Crippen LogP contribution is 2.48. The van der Waals surface area contributed by atoms with Crippen LogP contribution in [0.1, 0.15) is 59.9 Å². The number of carbonyl (C=O) groups excluding carboxylic acids is 3. The smallest absolute Gasteiger partial charge is 0.412 e. The van der Waals surface area contributed by atoms with Crippen molar-refractivity contribution in [2.45, 2.75) is 78.6 Å². The zero-order valence-corrected chi connectivity index (χ0v) is 28.3. The Morgan fingerprint density at radius 1 is 1.00 bits per heavy atom. The topological polar surface area (TPSA) is 156 Å². The first-order valence-corrected chi connectivity index (χ1v) is 16.0. The van der Waals surface area contributed by atoms with Gasteiger partial charge in [0.05, 0.1) is 5.69 Å². The molecule has 4 heterocycles. The van der Waals surface area contributed by atoms with Gasteiger partial charge in [0.25, 0.3) is 0 Å². The second-order valence-electron chi connectivity index (χ2n) is 14.8. The van der Waals surface area contributed by atoms with Crippen LogP contribution in [-0.2, 0) is 9.47 Å². The average Bonchev–Trinajstić information content (AvgIpc) is 2.93. The van der Waals surface area contributed by atoms with E-state index in [1.807, 2.05) is 27.7 Å². The van der Waals surface area contributed by atoms with E-state index in [1.54, 1.807) is 37.8 Å². The molecule has 2 aliphatic heterocycles. The molecule has 1 saturated heterocycles. The summed E-state index contributed by atoms with van der Waals surface area (Å²) in [5, 5.41) is 12.4. The quantitative estimate of drug-likeness (QED) is 0.248. The van der Waals surface area contributed by atoms with Gasteiger partial charge in [0, 0.05) is 60.0 Å². The number of anilines is 3. The number of carbonyl (C=O) groups is 3. The van der Waals surface area contributed by atoms with Crippen molar-refractivity contribution in [1.82, 2.24) is 20.2 Å². The summed E-state index contributed by atoms with van der Waals surface area (Å²) in [4.78, 5) is 48.5. The summed E-state index contributed by atoms with van der Waals surface area (Å²) in [5.74, 6) is -0.00667. The Hall–Kier alpha value is -4.88. The number of hydrogen-bond acceptors (Lipinski definition) is 9. The Bertz CT molecular complexity index is 1790. The molecule has 3 aliphatic rings. The van der Waals surface area contributed by atoms with Gasteiger partial charge < -0.3 is 29.7 Å². The number of aromatic nitrogens is 2. The number of urea groups is 1. The molecule has 0 atom stereocenters. The Morgan fingerprint density at radius 3 is 2.40 bits per heavy atom. The van der Waals surface area contributed by atoms with Crippen molar-refractivity contribution in [1.29, 1.82) is 0 Å². The summed E-state index contributed by atoms with van der Waals surface area (Å²) in [7, 11) is 0. The minimum absolute atomic E-state index is 0.000613. The van der Waals surface area contributed by atoms with Crippen molar-refractivity contribution in [3.63, 3.8) is 0 Å². The summed E-state index contributed by atoms with van der Waals surface area (Å²) in [6, 6.07) is 2.78. The molecule has 2 fully saturated rings. The summed E-state index contributed by atoms with van der Waals surface area (Å²) < 4.78 is 32.9. The van der Waals surface area contributed by atoms with Crippen molar-refractivity contribution < 1.29 is 33.0 Å². The fourth-order valence-corrected chi connectivity index (χ4v) is 6.46. The second kappa shape index (κ2) is 12.0. The highest BCUT2D eigenvalue weighted by Gasteiger charge is 2.54. The first-order chi connectivity index (χ1) is 22.5. The molecule has 14 heteroatoms. The number of nitrogens with one attached hydrogen (secondary N) is 4. The first kappa shape index (κ1) is 33.0. The SMILES string of the molecule is Cc1c(-c2cc3cc(NC(=O)NC4CC5(C4)CN(C(=O)OC(C)(C)C)C5)ncc3c(NC(=O)OC(C)(C)C)c2F)cnc2c1NCCO2. The standard InChI is InChI=1S/C34H42FN7O6/c1-18-22(14-38-28-26(18)36-8-9-46-28)21-10-19-11-24(37-15-23(19)27(25(21)35)41-30(44)47-32(2,3)4)40-29(43)39-20-12-34(13-20)16-42(17-34)31(45)48-33(5,6)7/h10-11,14-15,20,36H,8-9,12-13,16-17H2,1-7H3,(H,41,44)(H2,37,39,40,43). The molecule has 48 heavy (non-hydrogen) atoms. The lowest BCUT2D eigenvalue weighted by molar-refractivity contribution is -0.0806. The molecule has 1 saturated carbocycles. The molecule has 13 nitrogen and oxygen atoms in total. The lowest BCUT2D eigenvalue weighted by atomic mass is 9.61. The van der Waals surface area contributed by atoms with Gasteiger partial charge in [0.1, 0.15) is 29.3 Å². The number of rotatable bonds is 4. The van der Waals surface area contributed by atoms with Gasteiger partial charge in [0.2, 0.25) is 5.88 Å². The van der Waals surface area contributed by atoms with Gasteiger partial charge in [0.15, 0.2) is 5.82 Å². The van der Waals surface area contributed by atoms with Gasteiger partial charge >= 0.3 is 18.2 Å². The van der Waals surface area contributed by atoms with Gasteiger partial charge in [-0.25, -0.2) is 28.7 Å². The van der Waals surface area contributed by atoms with E-state index in [9.17, 15) is 14.4 Å². The largest absolute Gasteiger partial charge is 0.474 e. The number of halogens is 1. The first-order valence-electron chi connectivity index (χ1n) is 16.0. The molecule has 1 aromatic carbocycles. The maximum absolute atomic E-state index is 16.3. The van der Waals surface area contributed by atoms with Gasteiger partial charge in [-0.2, -0.15) is 0 Å². The molecule has 1 spiro atoms. The van der Waals surface area contributed by atoms with E-state index >= 15 is 4.39 Å². The van der Waals surface area contributed by atoms with Crippen LogP contribution >= 0.6 is 0 Å². The van der Waals surface area contributed by atoms with E-state index in [0.717, 1.165) is 18.4 Å². The number of likely N-dealkylation sites (tertiary alicyclic amines) is 1. The van der Waals surface area contributed by atoms with E-state index in [-0.39, 0.29) is 34.6 Å². The number of amides is 4. The molecular weight excluding hydrogens is 621 g/mol. The van der Waals surface area contributed by atoms with E-state index in [0.29, 0.717) is 54.1 Å². The normalized spacial score (nSPS) is 16.9. The molecule has 6 rings (SSSR count). The Morgan fingerprint density at radius 2 is 1.71 bits per heavy atom. The number of pyridine rings is 2. The molecular formula is C34H42FN7O6. The molecule has 3 aromatic rings. The summed E-state index contributed by atoms with van der Waals surface area (Å²) in [5.41, 5.74) is 0.629. The predicted molar refractivity (Wildman–Crippen MR) is 179 cm³/mol. The van der Waals surface area contributed by atoms with Crippen molar-refractivity contribution in [2.75, 3.05) is 42.2 Å². The predicted octanol–water partition coefficient (Wildman–Crippen LogP) is 6.42. The third-order valence-electron chi connectivity index (χ3n) is 8.46. The number of ether oxygens (including phenoxy) is 3. The van der Waals surface area contributed by atoms with Crippen LogP contribution in [0.2, 0.25) is 0 Å². The summed E-state index contributed by atoms with van der Waals surface area (Å²) in [6.45, 7) is 14.8. The van der Waals surface area contributed by atoms with Crippen LogP contribution in [0, 0.1) is 18.2 Å². The minimum atomic E-state index is -0.823. The van der Waals surface area contributed by atoms with Gasteiger partial charge in [-0.05, 0) is 84.4 Å². The van der Waals surface area contributed by atoms with Crippen molar-refractivity contribution in [3.8, 4) is 17.0 Å². The zero-order chi connectivity index (χ0) is 34.6. The van der Waals surface area contributed by atoms with Crippen LogP contribution in [0.15, 0.2) is 24.5 Å². The van der Waals surface area contributed by atoms with Crippen LogP contribution in [0.4, 0.5) is 36.0 Å². The van der Waals surface area contributed by atoms with Crippen molar-refractivity contribution in [2.24, 2.45) is 5.41 Å². The lowest BCUT2D eigenvalue weighted by Gasteiger charge is -2.58. The lowest BCUT2D eigenvalue weighted by Crippen LogP contribution is -2.68. The number of nitrogens with zero attached hydrogens (tertiary/aromatic N) is 3. The maximum atomic E-state index is 16.3. The van der Waals surface area contributed by atoms with Crippen LogP contribution in [-0.4, -0.2) is 76.6 Å². The number of fused-ring (bicyclic) bond motifs is 2. The highest BCUT2D eigenvalue weighted by molar-refractivity contribution is 6.04. The Kier molecular flexibility index (Phi) is 8.24. The zero-order valence-electron chi connectivity index (χ0n) is 28.3. The van der Waals surface area contributed by atoms with Crippen LogP contribution in [0.5, 0.6) is 5.88 Å². The van der Waals surface area contributed by atoms with E-state index < -0.39 is 29.1 Å². The van der Waals surface area contributed by atoms with Gasteiger partial charge in [-0.15, -0.1) is 0 Å². The van der Waals surface area contributed by atoms with Gasteiger partial charge in [-0.3, -0.25) is 10.6 Å². The third-order valence-corrected chi connectivity index (χ3v) is 8.46. The summed E-state index contributed by atoms with van der Waals surface area (Å²) in [6.07, 6.45) is 3.30. The van der Waals surface area contributed by atoms with Crippen molar-refractivity contribution >= 4 is 46.2 Å². The molecule has 1 aliphatic carbocycles. The third kappa shape index (κ3) is 6.87. The van der Waals surface area contributed by atoms with E-state index in [2.05, 4.69) is 31.2 Å². The molecule has 0 radical (unpaired) electrons. The fraction of sp³-hybridized carbons (Fsp3) is 0.500. The maximum Gasteiger partial charge on any atom is 0.412 e. The van der Waals surface area contributed by atoms with Crippen LogP contribution in [0.25, 0.3) is 21.9 Å². The molecule has 256 valence electrons. The van der Waals surface area contributed by atoms with Gasteiger partial charge in [-0.1, -0.05) is 0 Å². The summed E-state index contributed by atoms with van der Waals surface area (Å²) >= 11 is 0. The average molecular weight is 664 g/mol. The molecule has 0 bridgehead atoms.